The first-order valence-corrected chi connectivity index (χ1v) is 14.8. The molecular formula is C48H34O. The minimum absolute atomic E-state index is 0.503. The molecule has 0 radical (unpaired) electrons. The van der Waals surface area contributed by atoms with E-state index >= 15 is 0 Å². The monoisotopic (exact) mass is 656 g/mol. The topological polar surface area (TPSA) is 13.1 Å². The van der Waals surface area contributed by atoms with Gasteiger partial charge in [0.25, 0.3) is 0 Å². The number of hydrogen-bond donors (Lipinski definition) is 0. The Morgan fingerprint density at radius 3 is 2.06 bits per heavy atom. The molecule has 0 spiro atoms. The molecule has 0 fully saturated rings. The van der Waals surface area contributed by atoms with Gasteiger partial charge in [0.15, 0.2) is 0 Å². The maximum absolute atomic E-state index is 9.63. The van der Waals surface area contributed by atoms with Gasteiger partial charge < -0.3 is 4.42 Å². The van der Waals surface area contributed by atoms with E-state index < -0.39 is 282 Å². The summed E-state index contributed by atoms with van der Waals surface area (Å²) in [6, 6.07) is -25.7. The second-order valence-electron chi connectivity index (χ2n) is 10.9. The molecule has 7 aromatic carbocycles. The lowest BCUT2D eigenvalue weighted by Gasteiger charge is -2.26. The third-order valence-corrected chi connectivity index (χ3v) is 8.22. The lowest BCUT2D eigenvalue weighted by atomic mass is 9.77. The van der Waals surface area contributed by atoms with Gasteiger partial charge in [-0.1, -0.05) is 145 Å². The Labute approximate surface area is 328 Å². The lowest BCUT2D eigenvalue weighted by Crippen LogP contribution is -2.06. The molecule has 49 heavy (non-hydrogen) atoms. The molecular weight excluding hydrogens is 593 g/mol. The molecule has 10 rings (SSSR count). The van der Waals surface area contributed by atoms with Crippen LogP contribution in [-0.4, -0.2) is 0 Å². The summed E-state index contributed by atoms with van der Waals surface area (Å²) in [5.41, 5.74) is -6.69. The van der Waals surface area contributed by atoms with E-state index in [1.165, 1.54) is 0 Å². The number of allylic oxidation sites excluding steroid dienone is 8. The number of fused-ring (bicyclic) bond motifs is 6. The van der Waals surface area contributed by atoms with Gasteiger partial charge in [0.05, 0.1) is 37.0 Å². The Kier molecular flexibility index (Phi) is 2.62. The highest BCUT2D eigenvalue weighted by molar-refractivity contribution is 6.25. The SMILES string of the molecule is [2H]C1=C([2H])C([2H])C([2H])C([2H])=C1c1c([2H])c([2H])c(C2C(c3c4c([2H])c([2H])c([2H])c([2H])c4c(-c4c([2H])c([2H])c([2H])c5oc6c([2H])c7c([2H])c([2H])c([2H])c([2H])c7c([2H])c6c45)c4c([2H])c([2H])c([2H])c([2H])c34)=C([2H])C([2H])=C([2H])C2[2H])c([2H])c1[2H]. The zero-order valence-corrected chi connectivity index (χ0v) is 24.7. The molecule has 4 atom stereocenters. The Balaban J connectivity index is 1.47. The molecule has 1 heteroatoms. The van der Waals surface area contributed by atoms with Crippen LogP contribution >= 0.6 is 0 Å². The van der Waals surface area contributed by atoms with Gasteiger partial charge in [-0.15, -0.1) is 0 Å². The van der Waals surface area contributed by atoms with Crippen LogP contribution in [0, 0.1) is 0 Å². The first-order valence-electron chi connectivity index (χ1n) is 30.0. The zero-order valence-electron chi connectivity index (χ0n) is 54.7. The molecule has 1 aromatic heterocycles. The van der Waals surface area contributed by atoms with Gasteiger partial charge in [-0.3, -0.25) is 0 Å². The normalized spacial score (nSPS) is 30.5. The van der Waals surface area contributed by atoms with Crippen LogP contribution in [0.4, 0.5) is 0 Å². The first kappa shape index (κ1) is 11.3. The smallest absolute Gasteiger partial charge is 0.136 e. The molecule has 0 amide bonds. The molecule has 2 aliphatic carbocycles. The van der Waals surface area contributed by atoms with E-state index in [4.69, 9.17) is 27.7 Å². The van der Waals surface area contributed by atoms with Crippen LogP contribution in [0.25, 0.3) is 76.5 Å². The Hall–Kier alpha value is -5.92. The second-order valence-corrected chi connectivity index (χ2v) is 10.9. The van der Waals surface area contributed by atoms with Gasteiger partial charge in [-0.05, 0) is 109 Å². The molecule has 1 nitrogen and oxygen atoms in total. The second kappa shape index (κ2) is 11.4. The van der Waals surface area contributed by atoms with E-state index in [-0.39, 0.29) is 0 Å². The van der Waals surface area contributed by atoms with Crippen molar-refractivity contribution in [2.45, 2.75) is 25.1 Å². The third kappa shape index (κ3) is 4.54. The van der Waals surface area contributed by atoms with Gasteiger partial charge in [-0.25, -0.2) is 0 Å². The molecule has 1 heterocycles. The summed E-state index contributed by atoms with van der Waals surface area (Å²) >= 11 is 0. The van der Waals surface area contributed by atoms with Gasteiger partial charge in [-0.2, -0.15) is 0 Å². The molecule has 8 aromatic rings. The fraction of sp³-hybridized carbons (Fsp3) is 0.0833. The summed E-state index contributed by atoms with van der Waals surface area (Å²) in [7, 11) is 0. The highest BCUT2D eigenvalue weighted by atomic mass is 16.3. The van der Waals surface area contributed by atoms with Crippen molar-refractivity contribution in [2.24, 2.45) is 0 Å². The average Bonchev–Trinajstić information content (AvgIpc) is 3.83. The van der Waals surface area contributed by atoms with E-state index in [0.717, 1.165) is 0 Å². The van der Waals surface area contributed by atoms with E-state index in [9.17, 15) is 17.8 Å². The van der Waals surface area contributed by atoms with Crippen molar-refractivity contribution in [3.05, 3.63) is 180 Å². The Morgan fingerprint density at radius 1 is 0.612 bits per heavy atom. The Bertz CT molecular complexity index is 4280. The predicted molar refractivity (Wildman–Crippen MR) is 209 cm³/mol. The fourth-order valence-corrected chi connectivity index (χ4v) is 6.14. The van der Waals surface area contributed by atoms with Crippen molar-refractivity contribution < 1.29 is 45.5 Å². The summed E-state index contributed by atoms with van der Waals surface area (Å²) in [4.78, 5) is 0. The summed E-state index contributed by atoms with van der Waals surface area (Å²) in [6.45, 7) is 0. The number of rotatable bonds is 4. The average molecular weight is 657 g/mol. The van der Waals surface area contributed by atoms with Gasteiger partial charge in [0, 0.05) is 20.8 Å². The summed E-state index contributed by atoms with van der Waals surface area (Å²) < 4.78 is 278. The quantitative estimate of drug-likeness (QED) is 0.172. The van der Waals surface area contributed by atoms with E-state index in [2.05, 4.69) is 0 Å². The van der Waals surface area contributed by atoms with Crippen molar-refractivity contribution >= 4 is 65.4 Å². The standard InChI is InChI=1S/C48H34O/c1-2-13-31(14-3-1)32-25-27-33(28-26-32)36-17-6-7-18-37(36)46-38-19-8-10-21-40(38)47(41-22-11-9-20-39(41)46)42-23-12-24-44-48(42)43-29-34-15-4-5-16-35(34)30-45(43)49-44/h2,4-16,18-30,36H,1,3,17H2/i1D,2D,3D,4D,5D,6D,7D,8D,9D,10D,11D,12D,13D,14D,15D,16D,17D,18D,19D,20D,21D,22D,23D,24D,25D,26D,27D,28D,29D,30D. The van der Waals surface area contributed by atoms with Crippen LogP contribution in [0.15, 0.2) is 168 Å². The molecule has 0 saturated heterocycles. The highest BCUT2D eigenvalue weighted by Crippen LogP contribution is 2.49. The van der Waals surface area contributed by atoms with E-state index in [1.807, 2.05) is 0 Å². The Morgan fingerprint density at radius 2 is 1.31 bits per heavy atom. The summed E-state index contributed by atoms with van der Waals surface area (Å²) in [5, 5.41) is -5.32. The lowest BCUT2D eigenvalue weighted by molar-refractivity contribution is 0.669. The van der Waals surface area contributed by atoms with Crippen LogP contribution in [0.2, 0.25) is 0 Å². The minimum Gasteiger partial charge on any atom is -0.456 e. The van der Waals surface area contributed by atoms with Crippen molar-refractivity contribution in [1.29, 1.82) is 0 Å². The van der Waals surface area contributed by atoms with Gasteiger partial charge >= 0.3 is 0 Å². The van der Waals surface area contributed by atoms with Crippen molar-refractivity contribution in [2.75, 3.05) is 0 Å². The van der Waals surface area contributed by atoms with Crippen molar-refractivity contribution in [3.8, 4) is 11.1 Å². The first-order chi connectivity index (χ1) is 36.8. The molecule has 232 valence electrons. The fourth-order valence-electron chi connectivity index (χ4n) is 6.14. The van der Waals surface area contributed by atoms with Crippen LogP contribution in [0.1, 0.15) is 82.9 Å². The summed E-state index contributed by atoms with van der Waals surface area (Å²) in [6.07, 6.45) is -5.78. The number of benzene rings is 7. The molecule has 0 bridgehead atoms. The van der Waals surface area contributed by atoms with E-state index in [0.29, 0.717) is 0 Å². The van der Waals surface area contributed by atoms with Crippen LogP contribution < -0.4 is 0 Å². The maximum Gasteiger partial charge on any atom is 0.136 e. The molecule has 0 saturated carbocycles. The van der Waals surface area contributed by atoms with Crippen LogP contribution in [-0.2, 0) is 0 Å². The maximum atomic E-state index is 9.63. The minimum atomic E-state index is -2.24. The number of hydrogen-bond acceptors (Lipinski definition) is 1. The van der Waals surface area contributed by atoms with Crippen molar-refractivity contribution in [3.63, 3.8) is 0 Å². The van der Waals surface area contributed by atoms with Gasteiger partial charge in [0.1, 0.15) is 11.2 Å². The predicted octanol–water partition coefficient (Wildman–Crippen LogP) is 13.6. The zero-order chi connectivity index (χ0) is 58.4. The molecule has 0 aliphatic heterocycles. The van der Waals surface area contributed by atoms with E-state index in [1.54, 1.807) is 0 Å². The largest absolute Gasteiger partial charge is 0.456 e. The third-order valence-electron chi connectivity index (χ3n) is 8.22. The van der Waals surface area contributed by atoms with Crippen LogP contribution in [0.3, 0.4) is 0 Å². The van der Waals surface area contributed by atoms with Crippen molar-refractivity contribution in [1.82, 2.24) is 0 Å². The molecule has 2 aliphatic rings. The van der Waals surface area contributed by atoms with Gasteiger partial charge in [0.2, 0.25) is 0 Å². The molecule has 0 N–H and O–H groups in total. The number of furan rings is 1. The summed E-state index contributed by atoms with van der Waals surface area (Å²) in [5.74, 6) is -2.22. The molecule has 4 unspecified atom stereocenters. The van der Waals surface area contributed by atoms with Crippen LogP contribution in [0.5, 0.6) is 0 Å². The highest BCUT2D eigenvalue weighted by Gasteiger charge is 2.26.